The Balaban J connectivity index is 2.14. The summed E-state index contributed by atoms with van der Waals surface area (Å²) in [5.74, 6) is 0. The predicted octanol–water partition coefficient (Wildman–Crippen LogP) is 2.99. The molecule has 0 atom stereocenters. The Morgan fingerprint density at radius 1 is 1.44 bits per heavy atom. The van der Waals surface area contributed by atoms with Crippen LogP contribution in [0.4, 0.5) is 0 Å². The van der Waals surface area contributed by atoms with E-state index in [4.69, 9.17) is 35.4 Å². The summed E-state index contributed by atoms with van der Waals surface area (Å²) in [6.07, 6.45) is 1.56. The van der Waals surface area contributed by atoms with Crippen molar-refractivity contribution < 1.29 is 0 Å². The predicted molar refractivity (Wildman–Crippen MR) is 66.9 cm³/mol. The van der Waals surface area contributed by atoms with Crippen LogP contribution in [0.15, 0.2) is 24.5 Å². The van der Waals surface area contributed by atoms with Gasteiger partial charge in [-0.1, -0.05) is 35.3 Å². The Bertz CT molecular complexity index is 548. The molecule has 7 heteroatoms. The third-order valence-electron chi connectivity index (χ3n) is 2.02. The average Bonchev–Trinajstić information content (AvgIpc) is 2.67. The van der Waals surface area contributed by atoms with Gasteiger partial charge in [-0.05, 0) is 23.8 Å². The monoisotopic (exact) mass is 274 g/mol. The number of hydrogen-bond acceptors (Lipinski definition) is 3. The Morgan fingerprint density at radius 3 is 2.94 bits per heavy atom. The lowest BCUT2D eigenvalue weighted by atomic mass is 10.2. The summed E-state index contributed by atoms with van der Waals surface area (Å²) in [5, 5.41) is 7.51. The molecule has 2 aromatic rings. The lowest BCUT2D eigenvalue weighted by Crippen LogP contribution is -2.13. The van der Waals surface area contributed by atoms with Crippen molar-refractivity contribution >= 4 is 35.4 Å². The highest BCUT2D eigenvalue weighted by molar-refractivity contribution is 7.71. The number of benzene rings is 1. The van der Waals surface area contributed by atoms with E-state index in [-0.39, 0.29) is 0 Å². The first-order chi connectivity index (χ1) is 7.68. The Kier molecular flexibility index (Phi) is 3.48. The zero-order valence-electron chi connectivity index (χ0n) is 8.08. The second-order valence-corrected chi connectivity index (χ2v) is 4.25. The number of nitrogens with zero attached hydrogens (tertiary/aromatic N) is 2. The number of aromatic amines is 1. The van der Waals surface area contributed by atoms with Crippen LogP contribution in [-0.2, 0) is 6.54 Å². The van der Waals surface area contributed by atoms with Gasteiger partial charge in [0.05, 0.1) is 16.6 Å². The molecule has 0 aliphatic carbocycles. The molecule has 2 rings (SSSR count). The van der Waals surface area contributed by atoms with E-state index in [0.717, 1.165) is 5.56 Å². The topological polar surface area (TPSA) is 45.6 Å². The molecular weight excluding hydrogens is 267 g/mol. The molecule has 0 saturated heterocycles. The molecule has 0 saturated carbocycles. The lowest BCUT2D eigenvalue weighted by molar-refractivity contribution is 0.825. The molecule has 1 heterocycles. The zero-order chi connectivity index (χ0) is 11.5. The first kappa shape index (κ1) is 11.4. The normalized spacial score (nSPS) is 10.4. The van der Waals surface area contributed by atoms with Gasteiger partial charge in [0.2, 0.25) is 4.77 Å². The summed E-state index contributed by atoms with van der Waals surface area (Å²) in [5.41, 5.74) is 3.95. The SMILES string of the molecule is S=c1[nH]ncn1NCc1cccc(Cl)c1Cl. The molecule has 0 aliphatic heterocycles. The molecule has 0 unspecified atom stereocenters. The van der Waals surface area contributed by atoms with E-state index in [1.807, 2.05) is 12.1 Å². The van der Waals surface area contributed by atoms with E-state index in [1.54, 1.807) is 17.1 Å². The molecule has 1 aromatic carbocycles. The van der Waals surface area contributed by atoms with E-state index >= 15 is 0 Å². The van der Waals surface area contributed by atoms with Crippen LogP contribution in [-0.4, -0.2) is 14.9 Å². The fourth-order valence-corrected chi connectivity index (χ4v) is 1.77. The van der Waals surface area contributed by atoms with Gasteiger partial charge in [0.25, 0.3) is 0 Å². The minimum absolute atomic E-state index is 0.498. The minimum Gasteiger partial charge on any atom is -0.318 e. The van der Waals surface area contributed by atoms with Crippen LogP contribution in [0, 0.1) is 4.77 Å². The number of aromatic nitrogens is 3. The number of H-pyrrole nitrogens is 1. The fraction of sp³-hybridized carbons (Fsp3) is 0.111. The van der Waals surface area contributed by atoms with E-state index in [2.05, 4.69) is 15.6 Å². The Labute approximate surface area is 107 Å². The first-order valence-corrected chi connectivity index (χ1v) is 5.63. The van der Waals surface area contributed by atoms with Crippen LogP contribution in [0.2, 0.25) is 10.0 Å². The lowest BCUT2D eigenvalue weighted by Gasteiger charge is -2.08. The van der Waals surface area contributed by atoms with Gasteiger partial charge >= 0.3 is 0 Å². The minimum atomic E-state index is 0.498. The fourth-order valence-electron chi connectivity index (χ4n) is 1.22. The second kappa shape index (κ2) is 4.86. The van der Waals surface area contributed by atoms with Crippen LogP contribution in [0.5, 0.6) is 0 Å². The summed E-state index contributed by atoms with van der Waals surface area (Å²) in [6.45, 7) is 0.521. The van der Waals surface area contributed by atoms with Gasteiger partial charge in [0.1, 0.15) is 6.33 Å². The van der Waals surface area contributed by atoms with E-state index in [0.29, 0.717) is 21.4 Å². The van der Waals surface area contributed by atoms with Crippen LogP contribution in [0.1, 0.15) is 5.56 Å². The standard InChI is InChI=1S/C9H8Cl2N4S/c10-7-3-1-2-6(8(7)11)4-13-15-5-12-14-9(15)16/h1-3,5,13H,4H2,(H,14,16). The summed E-state index contributed by atoms with van der Waals surface area (Å²) < 4.78 is 2.10. The van der Waals surface area contributed by atoms with Gasteiger partial charge in [-0.3, -0.25) is 5.10 Å². The van der Waals surface area contributed by atoms with Gasteiger partial charge in [-0.2, -0.15) is 5.10 Å². The average molecular weight is 275 g/mol. The molecule has 0 bridgehead atoms. The van der Waals surface area contributed by atoms with Crippen LogP contribution < -0.4 is 5.43 Å². The number of halogens is 2. The highest BCUT2D eigenvalue weighted by Crippen LogP contribution is 2.25. The van der Waals surface area contributed by atoms with E-state index < -0.39 is 0 Å². The highest BCUT2D eigenvalue weighted by Gasteiger charge is 2.03. The van der Waals surface area contributed by atoms with E-state index in [1.165, 1.54) is 0 Å². The molecule has 1 aromatic heterocycles. The molecule has 0 radical (unpaired) electrons. The van der Waals surface area contributed by atoms with Gasteiger partial charge < -0.3 is 5.43 Å². The van der Waals surface area contributed by atoms with Gasteiger partial charge in [0.15, 0.2) is 0 Å². The maximum atomic E-state index is 6.04. The van der Waals surface area contributed by atoms with Crippen LogP contribution in [0.3, 0.4) is 0 Å². The van der Waals surface area contributed by atoms with E-state index in [9.17, 15) is 0 Å². The zero-order valence-corrected chi connectivity index (χ0v) is 10.4. The van der Waals surface area contributed by atoms with Crippen LogP contribution in [0.25, 0.3) is 0 Å². The van der Waals surface area contributed by atoms with Crippen molar-refractivity contribution in [3.63, 3.8) is 0 Å². The first-order valence-electron chi connectivity index (χ1n) is 4.47. The molecule has 0 amide bonds. The van der Waals surface area contributed by atoms with Crippen LogP contribution >= 0.6 is 35.4 Å². The molecule has 4 nitrogen and oxygen atoms in total. The van der Waals surface area contributed by atoms with Crippen molar-refractivity contribution in [3.05, 3.63) is 44.9 Å². The number of nitrogens with one attached hydrogen (secondary N) is 2. The van der Waals surface area contributed by atoms with Crippen molar-refractivity contribution in [1.29, 1.82) is 0 Å². The molecule has 0 aliphatic rings. The smallest absolute Gasteiger partial charge is 0.214 e. The largest absolute Gasteiger partial charge is 0.318 e. The molecule has 16 heavy (non-hydrogen) atoms. The summed E-state index contributed by atoms with van der Waals surface area (Å²) in [4.78, 5) is 0. The van der Waals surface area contributed by atoms with Crippen molar-refractivity contribution in [2.24, 2.45) is 0 Å². The Hall–Kier alpha value is -1.04. The second-order valence-electron chi connectivity index (χ2n) is 3.08. The van der Waals surface area contributed by atoms with Crippen molar-refractivity contribution in [2.45, 2.75) is 6.54 Å². The van der Waals surface area contributed by atoms with Gasteiger partial charge in [-0.25, -0.2) is 4.68 Å². The summed E-state index contributed by atoms with van der Waals surface area (Å²) >= 11 is 16.9. The van der Waals surface area contributed by atoms with Crippen molar-refractivity contribution in [3.8, 4) is 0 Å². The van der Waals surface area contributed by atoms with Crippen molar-refractivity contribution in [2.75, 3.05) is 5.43 Å². The quantitative estimate of drug-likeness (QED) is 0.846. The molecule has 0 spiro atoms. The molecule has 84 valence electrons. The maximum absolute atomic E-state index is 6.04. The number of hydrogen-bond donors (Lipinski definition) is 2. The Morgan fingerprint density at radius 2 is 2.25 bits per heavy atom. The summed E-state index contributed by atoms with van der Waals surface area (Å²) in [6, 6.07) is 5.49. The molecular formula is C9H8Cl2N4S. The maximum Gasteiger partial charge on any atom is 0.214 e. The van der Waals surface area contributed by atoms with Crippen molar-refractivity contribution in [1.82, 2.24) is 14.9 Å². The summed E-state index contributed by atoms with van der Waals surface area (Å²) in [7, 11) is 0. The highest BCUT2D eigenvalue weighted by atomic mass is 35.5. The third-order valence-corrected chi connectivity index (χ3v) is 3.17. The molecule has 2 N–H and O–H groups in total. The van der Waals surface area contributed by atoms with Gasteiger partial charge in [0, 0.05) is 0 Å². The van der Waals surface area contributed by atoms with Gasteiger partial charge in [-0.15, -0.1) is 0 Å². The number of rotatable bonds is 3. The molecule has 0 fully saturated rings. The third kappa shape index (κ3) is 2.37.